The third-order valence-corrected chi connectivity index (χ3v) is 3.44. The Labute approximate surface area is 121 Å². The number of aromatic amines is 1. The van der Waals surface area contributed by atoms with Gasteiger partial charge in [-0.15, -0.1) is 0 Å². The van der Waals surface area contributed by atoms with Crippen molar-refractivity contribution < 1.29 is 9.84 Å². The smallest absolute Gasteiger partial charge is 0.258 e. The van der Waals surface area contributed by atoms with Crippen molar-refractivity contribution in [3.63, 3.8) is 0 Å². The molecule has 1 heterocycles. The second-order valence-corrected chi connectivity index (χ2v) is 4.90. The maximum atomic E-state index is 11.7. The topological polar surface area (TPSA) is 62.3 Å². The van der Waals surface area contributed by atoms with Gasteiger partial charge in [-0.1, -0.05) is 30.4 Å². The number of nitrogens with one attached hydrogen (secondary N) is 1. The molecule has 0 radical (unpaired) electrons. The molecule has 0 atom stereocenters. The van der Waals surface area contributed by atoms with Gasteiger partial charge in [0.25, 0.3) is 5.56 Å². The van der Waals surface area contributed by atoms with E-state index >= 15 is 0 Å². The van der Waals surface area contributed by atoms with Crippen molar-refractivity contribution in [2.75, 3.05) is 7.11 Å². The van der Waals surface area contributed by atoms with E-state index in [4.69, 9.17) is 4.74 Å². The minimum atomic E-state index is -0.259. The molecule has 0 fully saturated rings. The number of rotatable bonds is 2. The van der Waals surface area contributed by atoms with Crippen molar-refractivity contribution in [2.24, 2.45) is 0 Å². The van der Waals surface area contributed by atoms with Crippen molar-refractivity contribution in [2.45, 2.75) is 6.42 Å². The maximum Gasteiger partial charge on any atom is 0.258 e. The Balaban J connectivity index is 2.03. The summed E-state index contributed by atoms with van der Waals surface area (Å²) >= 11 is 0. The van der Waals surface area contributed by atoms with Gasteiger partial charge in [0.1, 0.15) is 5.75 Å². The van der Waals surface area contributed by atoms with Crippen molar-refractivity contribution in [3.05, 3.63) is 62.3 Å². The molecule has 2 aromatic rings. The molecule has 2 N–H and O–H groups in total. The van der Waals surface area contributed by atoms with Crippen LogP contribution in [0.25, 0.3) is 18.2 Å². The molecule has 0 amide bonds. The number of methoxy groups -OCH3 is 1. The van der Waals surface area contributed by atoms with Crippen LogP contribution < -0.4 is 20.7 Å². The van der Waals surface area contributed by atoms with Crippen LogP contribution in [0.1, 0.15) is 12.0 Å². The molecule has 21 heavy (non-hydrogen) atoms. The average molecular weight is 281 g/mol. The monoisotopic (exact) mass is 281 g/mol. The Morgan fingerprint density at radius 2 is 2.05 bits per heavy atom. The molecule has 0 bridgehead atoms. The quantitative estimate of drug-likeness (QED) is 0.867. The molecule has 4 heteroatoms. The van der Waals surface area contributed by atoms with Gasteiger partial charge in [-0.05, 0) is 34.9 Å². The second kappa shape index (κ2) is 5.32. The number of hydrogen-bond acceptors (Lipinski definition) is 3. The van der Waals surface area contributed by atoms with E-state index in [1.165, 1.54) is 0 Å². The molecule has 106 valence electrons. The Hall–Kier alpha value is -2.75. The summed E-state index contributed by atoms with van der Waals surface area (Å²) in [6.45, 7) is 0. The van der Waals surface area contributed by atoms with Gasteiger partial charge in [0.2, 0.25) is 0 Å². The number of allylic oxidation sites excluding steroid dienone is 1. The SMILES string of the molecule is COc1ccc(C=C2C=c3cc(O)[nH]c(=O)c3=CC2)cc1. The minimum Gasteiger partial charge on any atom is -0.497 e. The van der Waals surface area contributed by atoms with Crippen molar-refractivity contribution in [1.29, 1.82) is 0 Å². The number of fused-ring (bicyclic) bond motifs is 1. The predicted octanol–water partition coefficient (Wildman–Crippen LogP) is 1.14. The number of aromatic hydroxyl groups is 1. The highest BCUT2D eigenvalue weighted by Gasteiger charge is 2.04. The summed E-state index contributed by atoms with van der Waals surface area (Å²) in [5.41, 5.74) is 1.88. The van der Waals surface area contributed by atoms with Crippen LogP contribution in [0.15, 0.2) is 40.7 Å². The van der Waals surface area contributed by atoms with Crippen LogP contribution in [-0.2, 0) is 0 Å². The van der Waals surface area contributed by atoms with Gasteiger partial charge >= 0.3 is 0 Å². The van der Waals surface area contributed by atoms with Crippen LogP contribution in [0.2, 0.25) is 0 Å². The second-order valence-electron chi connectivity index (χ2n) is 4.90. The first-order chi connectivity index (χ1) is 10.2. The summed E-state index contributed by atoms with van der Waals surface area (Å²) in [5, 5.41) is 10.8. The Morgan fingerprint density at radius 3 is 2.76 bits per heavy atom. The number of pyridine rings is 1. The number of hydrogen-bond donors (Lipinski definition) is 2. The lowest BCUT2D eigenvalue weighted by Gasteiger charge is -2.06. The zero-order valence-corrected chi connectivity index (χ0v) is 11.6. The molecular formula is C17H15NO3. The maximum absolute atomic E-state index is 11.7. The zero-order valence-electron chi connectivity index (χ0n) is 11.6. The van der Waals surface area contributed by atoms with Crippen LogP contribution in [0.5, 0.6) is 11.6 Å². The fourth-order valence-corrected chi connectivity index (χ4v) is 2.40. The molecule has 1 aliphatic rings. The van der Waals surface area contributed by atoms with Crippen molar-refractivity contribution in [1.82, 2.24) is 4.98 Å². The normalized spacial score (nSPS) is 15.0. The lowest BCUT2D eigenvalue weighted by atomic mass is 10.0. The van der Waals surface area contributed by atoms with E-state index in [1.807, 2.05) is 36.4 Å². The van der Waals surface area contributed by atoms with E-state index in [9.17, 15) is 9.90 Å². The fraction of sp³-hybridized carbons (Fsp3) is 0.118. The fourth-order valence-electron chi connectivity index (χ4n) is 2.40. The molecule has 0 unspecified atom stereocenters. The molecule has 0 aliphatic heterocycles. The van der Waals surface area contributed by atoms with E-state index in [0.29, 0.717) is 11.6 Å². The average Bonchev–Trinajstić information content (AvgIpc) is 2.47. The lowest BCUT2D eigenvalue weighted by molar-refractivity contribution is 0.415. The molecule has 0 saturated heterocycles. The van der Waals surface area contributed by atoms with Gasteiger partial charge in [-0.2, -0.15) is 0 Å². The molecule has 0 saturated carbocycles. The third kappa shape index (κ3) is 2.74. The Kier molecular flexibility index (Phi) is 3.36. The summed E-state index contributed by atoms with van der Waals surface area (Å²) in [6, 6.07) is 9.33. The summed E-state index contributed by atoms with van der Waals surface area (Å²) in [4.78, 5) is 14.1. The molecular weight excluding hydrogens is 266 g/mol. The molecule has 0 spiro atoms. The van der Waals surface area contributed by atoms with Gasteiger partial charge < -0.3 is 9.84 Å². The van der Waals surface area contributed by atoms with Gasteiger partial charge in [0, 0.05) is 11.3 Å². The van der Waals surface area contributed by atoms with E-state index in [2.05, 4.69) is 11.1 Å². The molecule has 1 aromatic heterocycles. The standard InChI is InChI=1S/C17H15NO3/c1-21-14-5-2-11(3-6-14)8-12-4-7-15-13(9-12)10-16(19)18-17(15)20/h2-3,5-10,19H,4H2,1H3,(H,18,20). The highest BCUT2D eigenvalue weighted by molar-refractivity contribution is 5.68. The first kappa shape index (κ1) is 13.2. The third-order valence-electron chi connectivity index (χ3n) is 3.44. The van der Waals surface area contributed by atoms with Crippen LogP contribution in [0.4, 0.5) is 0 Å². The number of H-pyrrole nitrogens is 1. The number of benzene rings is 1. The van der Waals surface area contributed by atoms with Crippen molar-refractivity contribution >= 4 is 18.2 Å². The van der Waals surface area contributed by atoms with Crippen LogP contribution in [0, 0.1) is 0 Å². The van der Waals surface area contributed by atoms with Gasteiger partial charge in [-0.3, -0.25) is 9.78 Å². The minimum absolute atomic E-state index is 0.117. The largest absolute Gasteiger partial charge is 0.497 e. The zero-order chi connectivity index (χ0) is 14.8. The summed E-state index contributed by atoms with van der Waals surface area (Å²) in [6.07, 6.45) is 6.54. The van der Waals surface area contributed by atoms with E-state index in [0.717, 1.165) is 22.1 Å². The summed E-state index contributed by atoms with van der Waals surface area (Å²) in [5.74, 6) is 0.701. The van der Waals surface area contributed by atoms with E-state index < -0.39 is 0 Å². The highest BCUT2D eigenvalue weighted by Crippen LogP contribution is 2.16. The summed E-state index contributed by atoms with van der Waals surface area (Å²) < 4.78 is 5.13. The number of aromatic nitrogens is 1. The van der Waals surface area contributed by atoms with Gasteiger partial charge in [0.15, 0.2) is 5.88 Å². The first-order valence-corrected chi connectivity index (χ1v) is 6.64. The molecule has 3 rings (SSSR count). The van der Waals surface area contributed by atoms with E-state index in [1.54, 1.807) is 13.2 Å². The molecule has 1 aliphatic carbocycles. The van der Waals surface area contributed by atoms with Gasteiger partial charge in [0.05, 0.1) is 7.11 Å². The summed E-state index contributed by atoms with van der Waals surface area (Å²) in [7, 11) is 1.64. The lowest BCUT2D eigenvalue weighted by Crippen LogP contribution is -2.41. The Morgan fingerprint density at radius 1 is 1.29 bits per heavy atom. The van der Waals surface area contributed by atoms with Crippen LogP contribution in [-0.4, -0.2) is 17.2 Å². The van der Waals surface area contributed by atoms with Crippen molar-refractivity contribution in [3.8, 4) is 11.6 Å². The predicted molar refractivity (Wildman–Crippen MR) is 82.5 cm³/mol. The molecule has 4 nitrogen and oxygen atoms in total. The van der Waals surface area contributed by atoms with E-state index in [-0.39, 0.29) is 11.4 Å². The molecule has 1 aromatic carbocycles. The Bertz CT molecular complexity index is 874. The number of ether oxygens (including phenoxy) is 1. The van der Waals surface area contributed by atoms with Crippen LogP contribution >= 0.6 is 0 Å². The first-order valence-electron chi connectivity index (χ1n) is 6.64. The van der Waals surface area contributed by atoms with Crippen LogP contribution in [0.3, 0.4) is 0 Å². The highest BCUT2D eigenvalue weighted by atomic mass is 16.5. The van der Waals surface area contributed by atoms with Gasteiger partial charge in [-0.25, -0.2) is 0 Å².